The summed E-state index contributed by atoms with van der Waals surface area (Å²) in [6, 6.07) is 2.91. The van der Waals surface area contributed by atoms with Gasteiger partial charge in [-0.05, 0) is 12.1 Å². The first-order chi connectivity index (χ1) is 7.93. The zero-order chi connectivity index (χ0) is 12.9. The van der Waals surface area contributed by atoms with Gasteiger partial charge in [-0.3, -0.25) is 14.5 Å². The summed E-state index contributed by atoms with van der Waals surface area (Å²) in [6.07, 6.45) is 1.08. The molecule has 0 amide bonds. The standard InChI is InChI=1S/C9H13N3O4S/c1-2-11-17(15,16)12-8-4-3-7(10-6-8)5-9(13)14/h3-4,6,11-12H,2,5H2,1H3,(H,13,14). The summed E-state index contributed by atoms with van der Waals surface area (Å²) in [6.45, 7) is 1.94. The molecule has 17 heavy (non-hydrogen) atoms. The fraction of sp³-hybridized carbons (Fsp3) is 0.333. The number of carboxylic acids is 1. The van der Waals surface area contributed by atoms with E-state index in [-0.39, 0.29) is 18.7 Å². The van der Waals surface area contributed by atoms with Crippen LogP contribution in [0.2, 0.25) is 0 Å². The molecule has 0 radical (unpaired) electrons. The predicted molar refractivity (Wildman–Crippen MR) is 61.8 cm³/mol. The number of carbonyl (C=O) groups is 1. The van der Waals surface area contributed by atoms with Gasteiger partial charge in [0.2, 0.25) is 0 Å². The molecule has 1 heterocycles. The Morgan fingerprint density at radius 1 is 1.47 bits per heavy atom. The lowest BCUT2D eigenvalue weighted by Gasteiger charge is -2.07. The van der Waals surface area contributed by atoms with Crippen molar-refractivity contribution in [2.24, 2.45) is 0 Å². The molecule has 0 unspecified atom stereocenters. The quantitative estimate of drug-likeness (QED) is 0.665. The highest BCUT2D eigenvalue weighted by molar-refractivity contribution is 7.90. The van der Waals surface area contributed by atoms with E-state index in [1.54, 1.807) is 6.92 Å². The van der Waals surface area contributed by atoms with Crippen LogP contribution in [0.4, 0.5) is 5.69 Å². The number of hydrogen-bond donors (Lipinski definition) is 3. The number of aliphatic carboxylic acids is 1. The van der Waals surface area contributed by atoms with Gasteiger partial charge in [0.1, 0.15) is 0 Å². The number of nitrogens with one attached hydrogen (secondary N) is 2. The fourth-order valence-electron chi connectivity index (χ4n) is 1.13. The van der Waals surface area contributed by atoms with E-state index in [1.807, 2.05) is 0 Å². The van der Waals surface area contributed by atoms with E-state index in [1.165, 1.54) is 18.3 Å². The summed E-state index contributed by atoms with van der Waals surface area (Å²) in [5, 5.41) is 8.53. The minimum atomic E-state index is -3.58. The van der Waals surface area contributed by atoms with E-state index in [0.29, 0.717) is 5.69 Å². The van der Waals surface area contributed by atoms with E-state index in [4.69, 9.17) is 5.11 Å². The SMILES string of the molecule is CCNS(=O)(=O)Nc1ccc(CC(=O)O)nc1. The molecule has 1 aromatic heterocycles. The van der Waals surface area contributed by atoms with Crippen LogP contribution in [-0.2, 0) is 21.4 Å². The second kappa shape index (κ2) is 5.60. The zero-order valence-electron chi connectivity index (χ0n) is 9.17. The molecular weight excluding hydrogens is 246 g/mol. The van der Waals surface area contributed by atoms with Crippen molar-refractivity contribution in [3.8, 4) is 0 Å². The van der Waals surface area contributed by atoms with Crippen LogP contribution in [0.25, 0.3) is 0 Å². The lowest BCUT2D eigenvalue weighted by atomic mass is 10.3. The maximum absolute atomic E-state index is 11.3. The number of carboxylic acid groups (broad SMARTS) is 1. The first-order valence-corrected chi connectivity index (χ1v) is 6.35. The predicted octanol–water partition coefficient (Wildman–Crippen LogP) is -0.0251. The molecule has 3 N–H and O–H groups in total. The van der Waals surface area contributed by atoms with Gasteiger partial charge in [-0.1, -0.05) is 6.92 Å². The molecule has 94 valence electrons. The van der Waals surface area contributed by atoms with Gasteiger partial charge < -0.3 is 5.11 Å². The van der Waals surface area contributed by atoms with Gasteiger partial charge in [-0.25, -0.2) is 0 Å². The summed E-state index contributed by atoms with van der Waals surface area (Å²) >= 11 is 0. The Labute approximate surface area is 99.1 Å². The molecule has 0 aliphatic carbocycles. The third-order valence-electron chi connectivity index (χ3n) is 1.74. The number of anilines is 1. The summed E-state index contributed by atoms with van der Waals surface area (Å²) in [4.78, 5) is 14.2. The van der Waals surface area contributed by atoms with E-state index in [0.717, 1.165) is 0 Å². The Morgan fingerprint density at radius 2 is 2.18 bits per heavy atom. The monoisotopic (exact) mass is 259 g/mol. The summed E-state index contributed by atoms with van der Waals surface area (Å²) in [7, 11) is -3.58. The molecule has 0 saturated heterocycles. The van der Waals surface area contributed by atoms with Crippen LogP contribution in [0.3, 0.4) is 0 Å². The van der Waals surface area contributed by atoms with Gasteiger partial charge in [-0.2, -0.15) is 13.1 Å². The molecular formula is C9H13N3O4S. The van der Waals surface area contributed by atoms with Gasteiger partial charge >= 0.3 is 5.97 Å². The largest absolute Gasteiger partial charge is 0.481 e. The van der Waals surface area contributed by atoms with Crippen LogP contribution in [-0.4, -0.2) is 31.0 Å². The molecule has 1 aromatic rings. The lowest BCUT2D eigenvalue weighted by Crippen LogP contribution is -2.29. The van der Waals surface area contributed by atoms with Crippen LogP contribution < -0.4 is 9.44 Å². The maximum Gasteiger partial charge on any atom is 0.309 e. The molecule has 0 aliphatic heterocycles. The number of nitrogens with zero attached hydrogens (tertiary/aromatic N) is 1. The number of hydrogen-bond acceptors (Lipinski definition) is 4. The topological polar surface area (TPSA) is 108 Å². The van der Waals surface area contributed by atoms with E-state index < -0.39 is 16.2 Å². The average molecular weight is 259 g/mol. The summed E-state index contributed by atoms with van der Waals surface area (Å²) < 4.78 is 27.1. The van der Waals surface area contributed by atoms with Crippen molar-refractivity contribution in [2.45, 2.75) is 13.3 Å². The Kier molecular flexibility index (Phi) is 4.41. The van der Waals surface area contributed by atoms with Gasteiger partial charge in [0.15, 0.2) is 0 Å². The van der Waals surface area contributed by atoms with Crippen molar-refractivity contribution < 1.29 is 18.3 Å². The second-order valence-electron chi connectivity index (χ2n) is 3.21. The molecule has 8 heteroatoms. The minimum Gasteiger partial charge on any atom is -0.481 e. The highest BCUT2D eigenvalue weighted by Gasteiger charge is 2.08. The molecule has 0 spiro atoms. The van der Waals surface area contributed by atoms with Crippen molar-refractivity contribution in [3.63, 3.8) is 0 Å². The van der Waals surface area contributed by atoms with Crippen LogP contribution in [0.5, 0.6) is 0 Å². The fourth-order valence-corrected chi connectivity index (χ4v) is 2.01. The number of rotatable bonds is 6. The first kappa shape index (κ1) is 13.4. The number of pyridine rings is 1. The van der Waals surface area contributed by atoms with Crippen molar-refractivity contribution in [1.82, 2.24) is 9.71 Å². The molecule has 0 bridgehead atoms. The van der Waals surface area contributed by atoms with E-state index >= 15 is 0 Å². The molecule has 7 nitrogen and oxygen atoms in total. The van der Waals surface area contributed by atoms with E-state index in [9.17, 15) is 13.2 Å². The maximum atomic E-state index is 11.3. The van der Waals surface area contributed by atoms with Crippen LogP contribution in [0.1, 0.15) is 12.6 Å². The van der Waals surface area contributed by atoms with Crippen LogP contribution >= 0.6 is 0 Å². The minimum absolute atomic E-state index is 0.194. The highest BCUT2D eigenvalue weighted by Crippen LogP contribution is 2.08. The first-order valence-electron chi connectivity index (χ1n) is 4.87. The molecule has 1 rings (SSSR count). The molecule has 0 atom stereocenters. The third kappa shape index (κ3) is 4.79. The Hall–Kier alpha value is -1.67. The van der Waals surface area contributed by atoms with Crippen LogP contribution in [0.15, 0.2) is 18.3 Å². The van der Waals surface area contributed by atoms with Gasteiger partial charge in [0.05, 0.1) is 24.0 Å². The smallest absolute Gasteiger partial charge is 0.309 e. The zero-order valence-corrected chi connectivity index (χ0v) is 9.99. The van der Waals surface area contributed by atoms with Crippen molar-refractivity contribution in [1.29, 1.82) is 0 Å². The highest BCUT2D eigenvalue weighted by atomic mass is 32.2. The average Bonchev–Trinajstić information content (AvgIpc) is 2.19. The molecule has 0 aromatic carbocycles. The van der Waals surface area contributed by atoms with Gasteiger partial charge in [-0.15, -0.1) is 0 Å². The van der Waals surface area contributed by atoms with E-state index in [2.05, 4.69) is 14.4 Å². The summed E-state index contributed by atoms with van der Waals surface area (Å²) in [5.41, 5.74) is 0.643. The van der Waals surface area contributed by atoms with Crippen LogP contribution in [0, 0.1) is 0 Å². The van der Waals surface area contributed by atoms with Gasteiger partial charge in [0.25, 0.3) is 10.2 Å². The van der Waals surface area contributed by atoms with Crippen molar-refractivity contribution in [3.05, 3.63) is 24.0 Å². The normalized spacial score (nSPS) is 11.1. The lowest BCUT2D eigenvalue weighted by molar-refractivity contribution is -0.136. The second-order valence-corrected chi connectivity index (χ2v) is 4.71. The van der Waals surface area contributed by atoms with Crippen molar-refractivity contribution in [2.75, 3.05) is 11.3 Å². The van der Waals surface area contributed by atoms with Gasteiger partial charge in [0, 0.05) is 6.54 Å². The molecule has 0 fully saturated rings. The molecule has 0 aliphatic rings. The third-order valence-corrected chi connectivity index (χ3v) is 2.92. The molecule has 0 saturated carbocycles. The summed E-state index contributed by atoms with van der Waals surface area (Å²) in [5.74, 6) is -0.988. The Bertz CT molecular complexity index is 483. The Morgan fingerprint density at radius 3 is 2.65 bits per heavy atom. The number of aromatic nitrogens is 1. The van der Waals surface area contributed by atoms with Crippen molar-refractivity contribution >= 4 is 21.9 Å². The Balaban J connectivity index is 2.72.